The highest BCUT2D eigenvalue weighted by molar-refractivity contribution is 5.95. The average molecular weight is 269 g/mol. The van der Waals surface area contributed by atoms with Crippen molar-refractivity contribution < 1.29 is 0 Å². The van der Waals surface area contributed by atoms with Crippen LogP contribution in [0.1, 0.15) is 0 Å². The molecule has 0 spiro atoms. The average Bonchev–Trinajstić information content (AvgIpc) is 3.03. The van der Waals surface area contributed by atoms with Gasteiger partial charge in [-0.2, -0.15) is 0 Å². The molecule has 1 nitrogen and oxygen atoms in total. The maximum Gasteiger partial charge on any atom is 0.0460 e. The lowest BCUT2D eigenvalue weighted by atomic mass is 9.93. The van der Waals surface area contributed by atoms with Crippen LogP contribution in [0.25, 0.3) is 33.2 Å². The minimum absolute atomic E-state index is 1.17. The fraction of sp³-hybridized carbons (Fsp3) is 0. The normalized spacial score (nSPS) is 10.9. The van der Waals surface area contributed by atoms with E-state index in [1.807, 2.05) is 6.20 Å². The molecule has 3 aromatic carbocycles. The van der Waals surface area contributed by atoms with Crippen LogP contribution < -0.4 is 0 Å². The fourth-order valence-electron chi connectivity index (χ4n) is 2.81. The highest BCUT2D eigenvalue weighted by atomic mass is 14.7. The fourth-order valence-corrected chi connectivity index (χ4v) is 2.81. The summed E-state index contributed by atoms with van der Waals surface area (Å²) in [4.78, 5) is 3.31. The van der Waals surface area contributed by atoms with Crippen molar-refractivity contribution in [2.45, 2.75) is 0 Å². The zero-order valence-corrected chi connectivity index (χ0v) is 11.6. The molecule has 4 rings (SSSR count). The van der Waals surface area contributed by atoms with Crippen molar-refractivity contribution in [3.63, 3.8) is 0 Å². The monoisotopic (exact) mass is 269 g/mol. The number of H-pyrrole nitrogens is 1. The molecule has 0 aliphatic rings. The van der Waals surface area contributed by atoms with Gasteiger partial charge in [-0.05, 0) is 40.5 Å². The molecule has 0 amide bonds. The molecule has 0 saturated heterocycles. The number of fused-ring (bicyclic) bond motifs is 1. The lowest BCUT2D eigenvalue weighted by Crippen LogP contribution is -1.85. The molecule has 1 heteroatoms. The van der Waals surface area contributed by atoms with E-state index in [1.54, 1.807) is 0 Å². The minimum Gasteiger partial charge on any atom is -0.361 e. The molecule has 4 aromatic rings. The van der Waals surface area contributed by atoms with Crippen molar-refractivity contribution in [2.24, 2.45) is 0 Å². The molecule has 0 aliphatic carbocycles. The predicted molar refractivity (Wildman–Crippen MR) is 89.2 cm³/mol. The van der Waals surface area contributed by atoms with E-state index in [-0.39, 0.29) is 0 Å². The molecule has 0 atom stereocenters. The molecule has 1 aromatic heterocycles. The first-order chi connectivity index (χ1) is 10.4. The van der Waals surface area contributed by atoms with Crippen molar-refractivity contribution in [2.75, 3.05) is 0 Å². The maximum atomic E-state index is 3.31. The van der Waals surface area contributed by atoms with Gasteiger partial charge in [0.05, 0.1) is 0 Å². The zero-order chi connectivity index (χ0) is 14.1. The molecule has 1 heterocycles. The van der Waals surface area contributed by atoms with Crippen LogP contribution in [0.3, 0.4) is 0 Å². The van der Waals surface area contributed by atoms with E-state index in [1.165, 1.54) is 33.2 Å². The Morgan fingerprint density at radius 1 is 0.571 bits per heavy atom. The Hall–Kier alpha value is -2.80. The third-order valence-corrected chi connectivity index (χ3v) is 3.86. The SMILES string of the molecule is c1ccc(-c2cc3cc[nH]c3cc2-c2ccccc2)cc1. The highest BCUT2D eigenvalue weighted by Gasteiger charge is 2.09. The quantitative estimate of drug-likeness (QED) is 0.494. The van der Waals surface area contributed by atoms with Gasteiger partial charge in [-0.3, -0.25) is 0 Å². The lowest BCUT2D eigenvalue weighted by Gasteiger charge is -2.11. The van der Waals surface area contributed by atoms with Crippen molar-refractivity contribution >= 4 is 10.9 Å². The molecule has 0 fully saturated rings. The van der Waals surface area contributed by atoms with E-state index in [2.05, 4.69) is 83.8 Å². The molecule has 0 aliphatic heterocycles. The van der Waals surface area contributed by atoms with Crippen LogP contribution >= 0.6 is 0 Å². The molecule has 0 saturated carbocycles. The molecule has 0 radical (unpaired) electrons. The number of rotatable bonds is 2. The summed E-state index contributed by atoms with van der Waals surface area (Å²) in [5, 5.41) is 1.24. The summed E-state index contributed by atoms with van der Waals surface area (Å²) >= 11 is 0. The zero-order valence-electron chi connectivity index (χ0n) is 11.6. The van der Waals surface area contributed by atoms with Crippen molar-refractivity contribution in [1.82, 2.24) is 4.98 Å². The lowest BCUT2D eigenvalue weighted by molar-refractivity contribution is 1.47. The molecular weight excluding hydrogens is 254 g/mol. The van der Waals surface area contributed by atoms with Crippen molar-refractivity contribution in [1.29, 1.82) is 0 Å². The third kappa shape index (κ3) is 2.13. The van der Waals surface area contributed by atoms with Crippen LogP contribution in [0.5, 0.6) is 0 Å². The predicted octanol–water partition coefficient (Wildman–Crippen LogP) is 5.50. The molecular formula is C20H15N. The van der Waals surface area contributed by atoms with Gasteiger partial charge in [-0.15, -0.1) is 0 Å². The minimum atomic E-state index is 1.17. The van der Waals surface area contributed by atoms with Crippen LogP contribution in [0.15, 0.2) is 85.1 Å². The first-order valence-electron chi connectivity index (χ1n) is 7.14. The van der Waals surface area contributed by atoms with Gasteiger partial charge in [0, 0.05) is 17.1 Å². The van der Waals surface area contributed by atoms with E-state index in [4.69, 9.17) is 0 Å². The Balaban J connectivity index is 2.03. The summed E-state index contributed by atoms with van der Waals surface area (Å²) in [6.07, 6.45) is 1.99. The summed E-state index contributed by atoms with van der Waals surface area (Å²) in [6, 6.07) is 27.8. The van der Waals surface area contributed by atoms with E-state index in [0.717, 1.165) is 0 Å². The summed E-state index contributed by atoms with van der Waals surface area (Å²) in [5.74, 6) is 0. The maximum absolute atomic E-state index is 3.31. The summed E-state index contributed by atoms with van der Waals surface area (Å²) in [5.41, 5.74) is 6.20. The molecule has 100 valence electrons. The molecule has 0 unspecified atom stereocenters. The first kappa shape index (κ1) is 12.0. The standard InChI is InChI=1S/C20H15N/c1-3-7-15(8-4-1)18-13-17-11-12-21-20(17)14-19(18)16-9-5-2-6-10-16/h1-14,21H. The van der Waals surface area contributed by atoms with E-state index in [9.17, 15) is 0 Å². The Bertz CT molecular complexity index is 800. The van der Waals surface area contributed by atoms with Crippen LogP contribution in [-0.4, -0.2) is 4.98 Å². The largest absolute Gasteiger partial charge is 0.361 e. The third-order valence-electron chi connectivity index (χ3n) is 3.86. The first-order valence-corrected chi connectivity index (χ1v) is 7.14. The van der Waals surface area contributed by atoms with E-state index in [0.29, 0.717) is 0 Å². The number of benzene rings is 3. The van der Waals surface area contributed by atoms with Gasteiger partial charge in [0.2, 0.25) is 0 Å². The van der Waals surface area contributed by atoms with Gasteiger partial charge in [-0.25, -0.2) is 0 Å². The second-order valence-electron chi connectivity index (χ2n) is 5.19. The number of aromatic nitrogens is 1. The van der Waals surface area contributed by atoms with Gasteiger partial charge in [0.25, 0.3) is 0 Å². The van der Waals surface area contributed by atoms with Crippen molar-refractivity contribution in [3.05, 3.63) is 85.1 Å². The second kappa shape index (κ2) is 4.95. The Morgan fingerprint density at radius 2 is 1.14 bits per heavy atom. The molecule has 0 bridgehead atoms. The van der Waals surface area contributed by atoms with Gasteiger partial charge in [0.15, 0.2) is 0 Å². The van der Waals surface area contributed by atoms with Crippen LogP contribution in [0.4, 0.5) is 0 Å². The number of aromatic amines is 1. The Morgan fingerprint density at radius 3 is 1.76 bits per heavy atom. The highest BCUT2D eigenvalue weighted by Crippen LogP contribution is 2.35. The van der Waals surface area contributed by atoms with Gasteiger partial charge < -0.3 is 4.98 Å². The smallest absolute Gasteiger partial charge is 0.0460 e. The van der Waals surface area contributed by atoms with Gasteiger partial charge in [0.1, 0.15) is 0 Å². The topological polar surface area (TPSA) is 15.8 Å². The van der Waals surface area contributed by atoms with Crippen LogP contribution in [0.2, 0.25) is 0 Å². The Kier molecular flexibility index (Phi) is 2.82. The van der Waals surface area contributed by atoms with Gasteiger partial charge >= 0.3 is 0 Å². The van der Waals surface area contributed by atoms with E-state index >= 15 is 0 Å². The summed E-state index contributed by atoms with van der Waals surface area (Å²) in [7, 11) is 0. The van der Waals surface area contributed by atoms with Crippen molar-refractivity contribution in [3.8, 4) is 22.3 Å². The molecule has 21 heavy (non-hydrogen) atoms. The van der Waals surface area contributed by atoms with Crippen LogP contribution in [-0.2, 0) is 0 Å². The second-order valence-corrected chi connectivity index (χ2v) is 5.19. The van der Waals surface area contributed by atoms with Crippen LogP contribution in [0, 0.1) is 0 Å². The number of nitrogens with one attached hydrogen (secondary N) is 1. The molecule has 1 N–H and O–H groups in total. The van der Waals surface area contributed by atoms with Gasteiger partial charge in [-0.1, -0.05) is 60.7 Å². The number of hydrogen-bond donors (Lipinski definition) is 1. The summed E-state index contributed by atoms with van der Waals surface area (Å²) in [6.45, 7) is 0. The van der Waals surface area contributed by atoms with E-state index < -0.39 is 0 Å². The Labute approximate surface area is 123 Å². The number of hydrogen-bond acceptors (Lipinski definition) is 0. The summed E-state index contributed by atoms with van der Waals surface area (Å²) < 4.78 is 0.